The number of nitrogens with one attached hydrogen (secondary N) is 2. The number of ether oxygens (including phenoxy) is 1. The van der Waals surface area contributed by atoms with Crippen molar-refractivity contribution in [1.82, 2.24) is 40.0 Å². The van der Waals surface area contributed by atoms with Crippen LogP contribution in [-0.2, 0) is 17.8 Å². The van der Waals surface area contributed by atoms with Gasteiger partial charge in [-0.05, 0) is 123 Å². The normalized spacial score (nSPS) is 25.6. The van der Waals surface area contributed by atoms with Gasteiger partial charge in [0.25, 0.3) is 0 Å². The van der Waals surface area contributed by atoms with E-state index >= 15 is 0 Å². The fourth-order valence-corrected chi connectivity index (χ4v) is 8.66. The van der Waals surface area contributed by atoms with E-state index in [4.69, 9.17) is 4.74 Å². The van der Waals surface area contributed by atoms with E-state index in [-0.39, 0.29) is 17.6 Å². The summed E-state index contributed by atoms with van der Waals surface area (Å²) in [5, 5.41) is 24.8. The van der Waals surface area contributed by atoms with E-state index < -0.39 is 0 Å². The molecule has 1 spiro atoms. The zero-order valence-electron chi connectivity index (χ0n) is 33.7. The Balaban J connectivity index is 0.000000225. The van der Waals surface area contributed by atoms with Gasteiger partial charge >= 0.3 is 0 Å². The van der Waals surface area contributed by atoms with Crippen molar-refractivity contribution in [3.05, 3.63) is 34.9 Å². The summed E-state index contributed by atoms with van der Waals surface area (Å²) in [6, 6.07) is 0. The predicted molar refractivity (Wildman–Crippen MR) is 205 cm³/mol. The molecule has 3 fully saturated rings. The topological polar surface area (TPSA) is 99.8 Å². The van der Waals surface area contributed by atoms with Crippen LogP contribution in [0.25, 0.3) is 0 Å². The standard InChI is InChI=1S/C20H36N4O.C20H38N4O/c1-19(2)14-20(25-15-19)8-6-16(7-9-20)18-17(12-21-22-18)13-24(5)11-10-23(3)4;1-20(2,15-25)12-16-6-8-17(9-7-16)19-18(13-21-22-19)14-24(5)11-10-23(3)4/h12,16H,6-11,13-15H2,1-5H3,(H,21,22);13,16-17,25H,6-12,14-15H2,1-5H3,(H,21,22). The van der Waals surface area contributed by atoms with E-state index in [1.54, 1.807) is 0 Å². The maximum absolute atomic E-state index is 9.50. The van der Waals surface area contributed by atoms with Gasteiger partial charge in [0.2, 0.25) is 0 Å². The quantitative estimate of drug-likeness (QED) is 0.199. The van der Waals surface area contributed by atoms with Gasteiger partial charge in [-0.15, -0.1) is 0 Å². The van der Waals surface area contributed by atoms with Gasteiger partial charge in [0, 0.05) is 80.2 Å². The first-order chi connectivity index (χ1) is 23.6. The van der Waals surface area contributed by atoms with E-state index in [2.05, 4.69) is 110 Å². The Morgan fingerprint density at radius 1 is 0.760 bits per heavy atom. The average molecular weight is 699 g/mol. The fraction of sp³-hybridized carbons (Fsp3) is 0.850. The van der Waals surface area contributed by atoms with Crippen molar-refractivity contribution in [1.29, 1.82) is 0 Å². The fourth-order valence-electron chi connectivity index (χ4n) is 8.66. The minimum Gasteiger partial charge on any atom is -0.396 e. The summed E-state index contributed by atoms with van der Waals surface area (Å²) in [4.78, 5) is 9.23. The van der Waals surface area contributed by atoms with Crippen molar-refractivity contribution in [2.75, 3.05) is 81.7 Å². The van der Waals surface area contributed by atoms with Gasteiger partial charge in [0.15, 0.2) is 0 Å². The van der Waals surface area contributed by atoms with Crippen molar-refractivity contribution < 1.29 is 9.84 Å². The molecule has 50 heavy (non-hydrogen) atoms. The van der Waals surface area contributed by atoms with Crippen LogP contribution in [-0.4, -0.2) is 132 Å². The molecule has 10 heteroatoms. The molecule has 3 heterocycles. The molecule has 0 atom stereocenters. The van der Waals surface area contributed by atoms with E-state index in [1.165, 1.54) is 80.3 Å². The molecule has 0 radical (unpaired) electrons. The minimum atomic E-state index is 0.0613. The minimum absolute atomic E-state index is 0.0613. The maximum Gasteiger partial charge on any atom is 0.0689 e. The number of likely N-dealkylation sites (N-methyl/N-ethyl adjacent to an activating group) is 4. The predicted octanol–water partition coefficient (Wildman–Crippen LogP) is 6.33. The number of aromatic nitrogens is 4. The molecule has 0 unspecified atom stereocenters. The Labute approximate surface area is 305 Å². The second-order valence-corrected chi connectivity index (χ2v) is 18.5. The Hall–Kier alpha value is -1.82. The first kappa shape index (κ1) is 40.9. The summed E-state index contributed by atoms with van der Waals surface area (Å²) in [5.74, 6) is 1.98. The van der Waals surface area contributed by atoms with Crippen LogP contribution >= 0.6 is 0 Å². The summed E-state index contributed by atoms with van der Waals surface area (Å²) in [6.45, 7) is 16.5. The molecule has 2 saturated carbocycles. The van der Waals surface area contributed by atoms with Gasteiger partial charge in [-0.1, -0.05) is 27.7 Å². The summed E-state index contributed by atoms with van der Waals surface area (Å²) < 4.78 is 6.27. The van der Waals surface area contributed by atoms with E-state index in [0.29, 0.717) is 17.3 Å². The number of aromatic amines is 2. The van der Waals surface area contributed by atoms with Gasteiger partial charge in [-0.25, -0.2) is 0 Å². The number of hydrogen-bond acceptors (Lipinski definition) is 8. The summed E-state index contributed by atoms with van der Waals surface area (Å²) >= 11 is 0. The Morgan fingerprint density at radius 3 is 1.66 bits per heavy atom. The molecule has 10 nitrogen and oxygen atoms in total. The highest BCUT2D eigenvalue weighted by Crippen LogP contribution is 2.50. The third-order valence-electron chi connectivity index (χ3n) is 11.6. The van der Waals surface area contributed by atoms with Crippen LogP contribution in [0.4, 0.5) is 0 Å². The number of rotatable bonds is 15. The lowest BCUT2D eigenvalue weighted by Gasteiger charge is -2.37. The number of H-pyrrole nitrogens is 2. The Kier molecular flexibility index (Phi) is 15.0. The molecule has 286 valence electrons. The van der Waals surface area contributed by atoms with Crippen LogP contribution in [0, 0.1) is 16.7 Å². The molecular weight excluding hydrogens is 624 g/mol. The lowest BCUT2D eigenvalue weighted by Crippen LogP contribution is -2.34. The van der Waals surface area contributed by atoms with Crippen molar-refractivity contribution in [3.8, 4) is 0 Å². The van der Waals surface area contributed by atoms with Crippen LogP contribution < -0.4 is 0 Å². The summed E-state index contributed by atoms with van der Waals surface area (Å²) in [6.07, 6.45) is 16.2. The lowest BCUT2D eigenvalue weighted by molar-refractivity contribution is -0.0296. The largest absolute Gasteiger partial charge is 0.396 e. The van der Waals surface area contributed by atoms with Crippen LogP contribution in [0.2, 0.25) is 0 Å². The van der Waals surface area contributed by atoms with Gasteiger partial charge in [-0.2, -0.15) is 10.2 Å². The molecule has 0 bridgehead atoms. The maximum atomic E-state index is 9.50. The smallest absolute Gasteiger partial charge is 0.0689 e. The molecule has 1 saturated heterocycles. The van der Waals surface area contributed by atoms with Crippen LogP contribution in [0.1, 0.15) is 126 Å². The SMILES string of the molecule is CN(C)CCN(C)Cc1cn[nH]c1C1CCC(CC(C)(C)CO)CC1.CN(C)CCN(C)Cc1cn[nH]c1C1CCC2(CC1)CC(C)(C)CO2. The molecule has 5 rings (SSSR count). The third kappa shape index (κ3) is 12.4. The number of aliphatic hydroxyl groups is 1. The van der Waals surface area contributed by atoms with E-state index in [0.717, 1.165) is 58.2 Å². The zero-order chi connectivity index (χ0) is 36.5. The van der Waals surface area contributed by atoms with Gasteiger partial charge in [0.1, 0.15) is 0 Å². The van der Waals surface area contributed by atoms with Gasteiger partial charge in [-0.3, -0.25) is 10.2 Å². The highest BCUT2D eigenvalue weighted by molar-refractivity contribution is 5.22. The Morgan fingerprint density at radius 2 is 1.24 bits per heavy atom. The second-order valence-electron chi connectivity index (χ2n) is 18.5. The molecule has 2 aliphatic carbocycles. The third-order valence-corrected chi connectivity index (χ3v) is 11.6. The highest BCUT2D eigenvalue weighted by Gasteiger charge is 2.46. The molecule has 3 N–H and O–H groups in total. The molecule has 0 aromatic carbocycles. The molecule has 2 aromatic heterocycles. The second kappa shape index (κ2) is 18.3. The van der Waals surface area contributed by atoms with E-state index in [1.807, 2.05) is 12.4 Å². The Bertz CT molecular complexity index is 1250. The molecule has 3 aliphatic rings. The van der Waals surface area contributed by atoms with Crippen LogP contribution in [0.15, 0.2) is 12.4 Å². The summed E-state index contributed by atoms with van der Waals surface area (Å²) in [5.41, 5.74) is 6.02. The van der Waals surface area contributed by atoms with Crippen LogP contribution in [0.3, 0.4) is 0 Å². The summed E-state index contributed by atoms with van der Waals surface area (Å²) in [7, 11) is 12.9. The number of nitrogens with zero attached hydrogens (tertiary/aromatic N) is 6. The molecule has 1 aliphatic heterocycles. The molecular formula is C40H74N8O2. The van der Waals surface area contributed by atoms with Crippen molar-refractivity contribution >= 4 is 0 Å². The highest BCUT2D eigenvalue weighted by atomic mass is 16.5. The lowest BCUT2D eigenvalue weighted by atomic mass is 9.72. The first-order valence-electron chi connectivity index (χ1n) is 19.5. The van der Waals surface area contributed by atoms with Crippen LogP contribution in [0.5, 0.6) is 0 Å². The number of hydrogen-bond donors (Lipinski definition) is 3. The number of aliphatic hydroxyl groups excluding tert-OH is 1. The molecule has 0 amide bonds. The van der Waals surface area contributed by atoms with Crippen molar-refractivity contribution in [2.45, 2.75) is 122 Å². The van der Waals surface area contributed by atoms with Gasteiger partial charge in [0.05, 0.1) is 24.6 Å². The van der Waals surface area contributed by atoms with E-state index in [9.17, 15) is 5.11 Å². The zero-order valence-corrected chi connectivity index (χ0v) is 33.7. The van der Waals surface area contributed by atoms with Crippen molar-refractivity contribution in [2.24, 2.45) is 16.7 Å². The van der Waals surface area contributed by atoms with Gasteiger partial charge < -0.3 is 29.4 Å². The monoisotopic (exact) mass is 699 g/mol. The van der Waals surface area contributed by atoms with Crippen molar-refractivity contribution in [3.63, 3.8) is 0 Å². The average Bonchev–Trinajstić information content (AvgIpc) is 3.79. The molecule has 2 aromatic rings. The first-order valence-corrected chi connectivity index (χ1v) is 19.5.